The highest BCUT2D eigenvalue weighted by atomic mass is 32.1. The fraction of sp³-hybridized carbons (Fsp3) is 0.231. The van der Waals surface area contributed by atoms with Gasteiger partial charge in [-0.3, -0.25) is 0 Å². The maximum atomic E-state index is 11.7. The van der Waals surface area contributed by atoms with E-state index in [0.29, 0.717) is 16.7 Å². The first-order chi connectivity index (χ1) is 8.13. The largest absolute Gasteiger partial charge is 0.462 e. The minimum atomic E-state index is -0.378. The number of aromatic nitrogens is 1. The fourth-order valence-electron chi connectivity index (χ4n) is 1.69. The number of nitrogens with one attached hydrogen (secondary N) is 1. The predicted molar refractivity (Wildman–Crippen MR) is 69.8 cm³/mol. The Bertz CT molecular complexity index is 631. The van der Waals surface area contributed by atoms with E-state index in [9.17, 15) is 4.79 Å². The van der Waals surface area contributed by atoms with Gasteiger partial charge in [0, 0.05) is 17.1 Å². The molecule has 0 bridgehead atoms. The quantitative estimate of drug-likeness (QED) is 0.653. The lowest BCUT2D eigenvalue weighted by Crippen LogP contribution is -2.06. The van der Waals surface area contributed by atoms with Crippen LogP contribution in [-0.2, 0) is 4.74 Å². The number of rotatable bonds is 2. The van der Waals surface area contributed by atoms with Crippen molar-refractivity contribution in [3.05, 3.63) is 40.0 Å². The molecule has 2 rings (SSSR count). The Balaban J connectivity index is 2.65. The molecule has 17 heavy (non-hydrogen) atoms. The van der Waals surface area contributed by atoms with E-state index in [1.54, 1.807) is 13.1 Å². The van der Waals surface area contributed by atoms with Crippen LogP contribution in [0.3, 0.4) is 0 Å². The highest BCUT2D eigenvalue weighted by Gasteiger charge is 2.10. The van der Waals surface area contributed by atoms with Gasteiger partial charge in [0.15, 0.2) is 0 Å². The smallest absolute Gasteiger partial charge is 0.341 e. The maximum absolute atomic E-state index is 11.7. The molecule has 0 saturated carbocycles. The Hall–Kier alpha value is -1.68. The van der Waals surface area contributed by atoms with Crippen molar-refractivity contribution in [3.8, 4) is 0 Å². The van der Waals surface area contributed by atoms with Gasteiger partial charge in [0.25, 0.3) is 0 Å². The Labute approximate surface area is 104 Å². The van der Waals surface area contributed by atoms with Gasteiger partial charge in [0.05, 0.1) is 16.7 Å². The average Bonchev–Trinajstić information content (AvgIpc) is 2.30. The lowest BCUT2D eigenvalue weighted by atomic mass is 10.1. The number of carbonyl (C=O) groups is 1. The number of fused-ring (bicyclic) bond motifs is 1. The molecule has 0 radical (unpaired) electrons. The topological polar surface area (TPSA) is 42.1 Å². The molecule has 0 unspecified atom stereocenters. The minimum Gasteiger partial charge on any atom is -0.462 e. The van der Waals surface area contributed by atoms with Crippen molar-refractivity contribution in [2.24, 2.45) is 0 Å². The zero-order valence-corrected chi connectivity index (χ0v) is 10.6. The summed E-state index contributed by atoms with van der Waals surface area (Å²) >= 11 is 5.32. The summed E-state index contributed by atoms with van der Waals surface area (Å²) in [4.78, 5) is 14.7. The standard InChI is InChI=1S/C13H13NO2S/c1-3-16-13(15)10-7-14-11-5-4-8(2)6-9(11)12(10)17/h4-7H,3H2,1-2H3,(H,14,17). The van der Waals surface area contributed by atoms with E-state index in [4.69, 9.17) is 17.0 Å². The summed E-state index contributed by atoms with van der Waals surface area (Å²) in [7, 11) is 0. The molecule has 1 N–H and O–H groups in total. The lowest BCUT2D eigenvalue weighted by molar-refractivity contribution is 0.0525. The predicted octanol–water partition coefficient (Wildman–Crippen LogP) is 3.38. The SMILES string of the molecule is CCOC(=O)c1c[nH]c2ccc(C)cc2c1=S. The average molecular weight is 247 g/mol. The molecule has 0 fully saturated rings. The molecule has 0 aliphatic heterocycles. The molecular formula is C13H13NO2S. The number of ether oxygens (including phenoxy) is 1. The molecule has 0 aliphatic rings. The van der Waals surface area contributed by atoms with Crippen LogP contribution in [0, 0.1) is 11.4 Å². The number of hydrogen-bond donors (Lipinski definition) is 1. The molecular weight excluding hydrogens is 234 g/mol. The van der Waals surface area contributed by atoms with Crippen molar-refractivity contribution in [2.45, 2.75) is 13.8 Å². The molecule has 3 nitrogen and oxygen atoms in total. The highest BCUT2D eigenvalue weighted by Crippen LogP contribution is 2.18. The summed E-state index contributed by atoms with van der Waals surface area (Å²) in [5, 5.41) is 0.880. The summed E-state index contributed by atoms with van der Waals surface area (Å²) in [6.07, 6.45) is 1.61. The molecule has 0 spiro atoms. The highest BCUT2D eigenvalue weighted by molar-refractivity contribution is 7.71. The summed E-state index contributed by atoms with van der Waals surface area (Å²) < 4.78 is 5.50. The Kier molecular flexibility index (Phi) is 3.24. The van der Waals surface area contributed by atoms with Gasteiger partial charge in [0.1, 0.15) is 0 Å². The second kappa shape index (κ2) is 4.67. The number of aryl methyl sites for hydroxylation is 1. The van der Waals surface area contributed by atoms with E-state index in [1.807, 2.05) is 25.1 Å². The number of benzene rings is 1. The number of carbonyl (C=O) groups excluding carboxylic acids is 1. The summed E-state index contributed by atoms with van der Waals surface area (Å²) in [6, 6.07) is 5.92. The molecule has 0 saturated heterocycles. The molecule has 2 aromatic rings. The van der Waals surface area contributed by atoms with Crippen LogP contribution in [0.5, 0.6) is 0 Å². The van der Waals surface area contributed by atoms with Crippen LogP contribution in [0.15, 0.2) is 24.4 Å². The van der Waals surface area contributed by atoms with Crippen LogP contribution in [0.4, 0.5) is 0 Å². The van der Waals surface area contributed by atoms with Crippen molar-refractivity contribution >= 4 is 29.1 Å². The third-order valence-electron chi connectivity index (χ3n) is 2.53. The zero-order valence-electron chi connectivity index (χ0n) is 9.74. The minimum absolute atomic E-state index is 0.347. The number of esters is 1. The van der Waals surface area contributed by atoms with Gasteiger partial charge in [0.2, 0.25) is 0 Å². The molecule has 4 heteroatoms. The molecule has 0 amide bonds. The van der Waals surface area contributed by atoms with Crippen molar-refractivity contribution in [1.29, 1.82) is 0 Å². The van der Waals surface area contributed by atoms with E-state index in [-0.39, 0.29) is 5.97 Å². The van der Waals surface area contributed by atoms with Crippen molar-refractivity contribution < 1.29 is 9.53 Å². The van der Waals surface area contributed by atoms with Crippen LogP contribution in [-0.4, -0.2) is 17.6 Å². The molecule has 0 atom stereocenters. The summed E-state index contributed by atoms with van der Waals surface area (Å²) in [6.45, 7) is 4.11. The first-order valence-electron chi connectivity index (χ1n) is 5.42. The summed E-state index contributed by atoms with van der Waals surface area (Å²) in [5.74, 6) is -0.378. The second-order valence-electron chi connectivity index (χ2n) is 3.80. The van der Waals surface area contributed by atoms with E-state index in [2.05, 4.69) is 4.98 Å². The van der Waals surface area contributed by atoms with Crippen molar-refractivity contribution in [3.63, 3.8) is 0 Å². The van der Waals surface area contributed by atoms with Crippen LogP contribution < -0.4 is 0 Å². The van der Waals surface area contributed by atoms with Crippen LogP contribution >= 0.6 is 12.2 Å². The zero-order chi connectivity index (χ0) is 12.4. The van der Waals surface area contributed by atoms with E-state index < -0.39 is 0 Å². The molecule has 1 aromatic carbocycles. The number of aromatic amines is 1. The third-order valence-corrected chi connectivity index (χ3v) is 2.97. The first-order valence-corrected chi connectivity index (χ1v) is 5.83. The Morgan fingerprint density at radius 1 is 1.47 bits per heavy atom. The van der Waals surface area contributed by atoms with Crippen molar-refractivity contribution in [2.75, 3.05) is 6.61 Å². The van der Waals surface area contributed by atoms with Gasteiger partial charge in [-0.1, -0.05) is 23.8 Å². The normalized spacial score (nSPS) is 10.5. The van der Waals surface area contributed by atoms with E-state index >= 15 is 0 Å². The third kappa shape index (κ3) is 2.22. The fourth-order valence-corrected chi connectivity index (χ4v) is 2.00. The van der Waals surface area contributed by atoms with Gasteiger partial charge in [-0.15, -0.1) is 0 Å². The molecule has 88 valence electrons. The van der Waals surface area contributed by atoms with Gasteiger partial charge >= 0.3 is 5.97 Å². The van der Waals surface area contributed by atoms with Crippen LogP contribution in [0.1, 0.15) is 22.8 Å². The maximum Gasteiger partial charge on any atom is 0.341 e. The van der Waals surface area contributed by atoms with Crippen LogP contribution in [0.2, 0.25) is 0 Å². The number of pyridine rings is 1. The van der Waals surface area contributed by atoms with E-state index in [0.717, 1.165) is 16.5 Å². The van der Waals surface area contributed by atoms with Gasteiger partial charge in [-0.25, -0.2) is 4.79 Å². The molecule has 0 aliphatic carbocycles. The Morgan fingerprint density at radius 3 is 2.94 bits per heavy atom. The van der Waals surface area contributed by atoms with Gasteiger partial charge in [-0.2, -0.15) is 0 Å². The van der Waals surface area contributed by atoms with Gasteiger partial charge in [-0.05, 0) is 26.0 Å². The Morgan fingerprint density at radius 2 is 2.24 bits per heavy atom. The van der Waals surface area contributed by atoms with E-state index in [1.165, 1.54) is 0 Å². The monoisotopic (exact) mass is 247 g/mol. The first kappa shape index (κ1) is 11.8. The van der Waals surface area contributed by atoms with Gasteiger partial charge < -0.3 is 9.72 Å². The molecule has 1 heterocycles. The lowest BCUT2D eigenvalue weighted by Gasteiger charge is -2.05. The number of H-pyrrole nitrogens is 1. The summed E-state index contributed by atoms with van der Waals surface area (Å²) in [5.41, 5.74) is 2.45. The molecule has 1 aromatic heterocycles. The van der Waals surface area contributed by atoms with Crippen LogP contribution in [0.25, 0.3) is 10.9 Å². The second-order valence-corrected chi connectivity index (χ2v) is 4.21. The van der Waals surface area contributed by atoms with Crippen molar-refractivity contribution in [1.82, 2.24) is 4.98 Å². The number of hydrogen-bond acceptors (Lipinski definition) is 3.